The zero-order valence-corrected chi connectivity index (χ0v) is 14.1. The quantitative estimate of drug-likeness (QED) is 0.677. The molecule has 0 radical (unpaired) electrons. The number of aromatic nitrogens is 4. The van der Waals surface area contributed by atoms with Gasteiger partial charge in [0.15, 0.2) is 11.2 Å². The highest BCUT2D eigenvalue weighted by Crippen LogP contribution is 2.29. The number of carbonyl (C=O) groups excluding carboxylic acids is 1. The largest absolute Gasteiger partial charge is 0.468 e. The number of ether oxygens (including phenoxy) is 1. The average Bonchev–Trinajstić information content (AvgIpc) is 2.96. The van der Waals surface area contributed by atoms with E-state index in [0.29, 0.717) is 17.2 Å². The van der Waals surface area contributed by atoms with E-state index in [1.807, 2.05) is 6.92 Å². The molecular weight excluding hydrogens is 316 g/mol. The molecule has 1 aliphatic rings. The van der Waals surface area contributed by atoms with Gasteiger partial charge in [-0.25, -0.2) is 9.80 Å². The molecule has 10 heteroatoms. The molecule has 2 aromatic heterocycles. The minimum absolute atomic E-state index is 0.141. The van der Waals surface area contributed by atoms with Crippen LogP contribution >= 0.6 is 0 Å². The summed E-state index contributed by atoms with van der Waals surface area (Å²) >= 11 is 0. The molecule has 3 heterocycles. The summed E-state index contributed by atoms with van der Waals surface area (Å²) in [4.78, 5) is 40.8. The number of esters is 1. The molecule has 128 valence electrons. The number of methoxy groups -OCH3 is 1. The summed E-state index contributed by atoms with van der Waals surface area (Å²) in [6, 6.07) is -0.232. The van der Waals surface area contributed by atoms with E-state index in [1.54, 1.807) is 18.5 Å². The van der Waals surface area contributed by atoms with Crippen molar-refractivity contribution in [3.05, 3.63) is 20.8 Å². The predicted molar refractivity (Wildman–Crippen MR) is 87.4 cm³/mol. The van der Waals surface area contributed by atoms with Crippen molar-refractivity contribution in [2.75, 3.05) is 18.7 Å². The molecule has 1 atom stereocenters. The Labute approximate surface area is 136 Å². The average molecular weight is 334 g/mol. The fourth-order valence-electron chi connectivity index (χ4n) is 2.75. The van der Waals surface area contributed by atoms with Crippen LogP contribution in [0.4, 0.5) is 5.95 Å². The third-order valence-electron chi connectivity index (χ3n) is 4.28. The Morgan fingerprint density at radius 1 is 1.25 bits per heavy atom. The number of imidazole rings is 1. The zero-order chi connectivity index (χ0) is 17.8. The molecule has 0 saturated carbocycles. The zero-order valence-electron chi connectivity index (χ0n) is 14.1. The maximum atomic E-state index is 12.6. The smallest absolute Gasteiger partial charge is 0.332 e. The van der Waals surface area contributed by atoms with E-state index >= 15 is 0 Å². The summed E-state index contributed by atoms with van der Waals surface area (Å²) in [7, 11) is 4.25. The minimum atomic E-state index is -0.485. The maximum Gasteiger partial charge on any atom is 0.332 e. The molecule has 0 N–H and O–H groups in total. The van der Waals surface area contributed by atoms with Crippen LogP contribution in [-0.4, -0.2) is 44.0 Å². The molecule has 0 spiro atoms. The Kier molecular flexibility index (Phi) is 3.54. The number of hydrazone groups is 1. The molecule has 10 nitrogen and oxygen atoms in total. The summed E-state index contributed by atoms with van der Waals surface area (Å²) in [6.45, 7) is 3.54. The monoisotopic (exact) mass is 334 g/mol. The van der Waals surface area contributed by atoms with Gasteiger partial charge in [-0.05, 0) is 13.8 Å². The van der Waals surface area contributed by atoms with Gasteiger partial charge < -0.3 is 4.74 Å². The van der Waals surface area contributed by atoms with Gasteiger partial charge in [0, 0.05) is 14.1 Å². The normalized spacial score (nSPS) is 17.0. The molecule has 0 bridgehead atoms. The Morgan fingerprint density at radius 2 is 1.92 bits per heavy atom. The Balaban J connectivity index is 2.36. The first-order valence-corrected chi connectivity index (χ1v) is 7.35. The molecule has 24 heavy (non-hydrogen) atoms. The number of hydrogen-bond acceptors (Lipinski definition) is 7. The molecule has 0 saturated heterocycles. The van der Waals surface area contributed by atoms with Crippen molar-refractivity contribution in [1.82, 2.24) is 18.7 Å². The van der Waals surface area contributed by atoms with Gasteiger partial charge in [0.25, 0.3) is 5.56 Å². The second kappa shape index (κ2) is 5.32. The number of rotatable bonds is 2. The van der Waals surface area contributed by atoms with Crippen LogP contribution < -0.4 is 16.3 Å². The summed E-state index contributed by atoms with van der Waals surface area (Å²) < 4.78 is 8.72. The summed E-state index contributed by atoms with van der Waals surface area (Å²) in [5.74, 6) is -0.159. The number of nitrogens with zero attached hydrogens (tertiary/aromatic N) is 6. The van der Waals surface area contributed by atoms with E-state index < -0.39 is 17.2 Å². The molecule has 0 unspecified atom stereocenters. The Morgan fingerprint density at radius 3 is 2.54 bits per heavy atom. The van der Waals surface area contributed by atoms with E-state index in [1.165, 1.54) is 23.7 Å². The molecule has 1 aliphatic heterocycles. The third-order valence-corrected chi connectivity index (χ3v) is 4.28. The molecular formula is C14H18N6O4. The highest BCUT2D eigenvalue weighted by Gasteiger charge is 2.31. The van der Waals surface area contributed by atoms with Crippen LogP contribution in [0.1, 0.15) is 19.9 Å². The molecule has 0 amide bonds. The van der Waals surface area contributed by atoms with Gasteiger partial charge in [-0.15, -0.1) is 0 Å². The van der Waals surface area contributed by atoms with Crippen LogP contribution in [-0.2, 0) is 23.6 Å². The lowest BCUT2D eigenvalue weighted by Crippen LogP contribution is -2.39. The number of aryl methyl sites for hydroxylation is 1. The van der Waals surface area contributed by atoms with E-state index in [2.05, 4.69) is 14.8 Å². The topological polar surface area (TPSA) is 104 Å². The van der Waals surface area contributed by atoms with Crippen molar-refractivity contribution in [2.45, 2.75) is 19.9 Å². The van der Waals surface area contributed by atoms with Crippen molar-refractivity contribution in [2.24, 2.45) is 19.2 Å². The highest BCUT2D eigenvalue weighted by atomic mass is 16.5. The first-order chi connectivity index (χ1) is 11.3. The van der Waals surface area contributed by atoms with Crippen LogP contribution in [0.5, 0.6) is 0 Å². The van der Waals surface area contributed by atoms with E-state index in [4.69, 9.17) is 0 Å². The predicted octanol–water partition coefficient (Wildman–Crippen LogP) is -0.636. The van der Waals surface area contributed by atoms with Crippen molar-refractivity contribution < 1.29 is 9.53 Å². The molecule has 0 aliphatic carbocycles. The first kappa shape index (κ1) is 16.0. The van der Waals surface area contributed by atoms with Crippen LogP contribution in [0.3, 0.4) is 0 Å². The van der Waals surface area contributed by atoms with Crippen molar-refractivity contribution in [3.8, 4) is 0 Å². The van der Waals surface area contributed by atoms with Crippen LogP contribution in [0.15, 0.2) is 14.7 Å². The standard InChI is InChI=1S/C14H18N6O4/c1-7-8(2)20-10-11(17(3)14(23)18(4)12(10)22)15-13(20)19(16-7)6-9(21)24-5/h8H,6H2,1-5H3/t8-/m0/s1. The van der Waals surface area contributed by atoms with Gasteiger partial charge in [-0.1, -0.05) is 0 Å². The van der Waals surface area contributed by atoms with E-state index in [9.17, 15) is 14.4 Å². The number of hydrogen-bond donors (Lipinski definition) is 0. The first-order valence-electron chi connectivity index (χ1n) is 7.35. The minimum Gasteiger partial charge on any atom is -0.468 e. The Bertz CT molecular complexity index is 995. The molecule has 0 fully saturated rings. The number of fused-ring (bicyclic) bond motifs is 3. The van der Waals surface area contributed by atoms with Crippen LogP contribution in [0.25, 0.3) is 11.2 Å². The molecule has 3 rings (SSSR count). The second-order valence-corrected chi connectivity index (χ2v) is 5.71. The Hall–Kier alpha value is -2.91. The number of carbonyl (C=O) groups is 1. The summed E-state index contributed by atoms with van der Waals surface area (Å²) in [6.07, 6.45) is 0. The van der Waals surface area contributed by atoms with E-state index in [0.717, 1.165) is 4.57 Å². The lowest BCUT2D eigenvalue weighted by atomic mass is 10.2. The fourth-order valence-corrected chi connectivity index (χ4v) is 2.75. The van der Waals surface area contributed by atoms with E-state index in [-0.39, 0.29) is 18.2 Å². The van der Waals surface area contributed by atoms with Gasteiger partial charge in [-0.2, -0.15) is 10.1 Å². The van der Waals surface area contributed by atoms with Gasteiger partial charge in [0.05, 0.1) is 18.9 Å². The molecule has 2 aromatic rings. The summed E-state index contributed by atoms with van der Waals surface area (Å²) in [5.41, 5.74) is 0.358. The third kappa shape index (κ3) is 2.06. The lowest BCUT2D eigenvalue weighted by molar-refractivity contribution is -0.139. The number of anilines is 1. The summed E-state index contributed by atoms with van der Waals surface area (Å²) in [5, 5.41) is 5.74. The van der Waals surface area contributed by atoms with Gasteiger partial charge in [-0.3, -0.25) is 23.3 Å². The van der Waals surface area contributed by atoms with Crippen LogP contribution in [0.2, 0.25) is 0 Å². The second-order valence-electron chi connectivity index (χ2n) is 5.71. The van der Waals surface area contributed by atoms with Crippen LogP contribution in [0, 0.1) is 0 Å². The SMILES string of the molecule is COC(=O)CN1N=C(C)[C@H](C)n2c1nc1c2c(=O)n(C)c(=O)n1C. The molecule has 0 aromatic carbocycles. The van der Waals surface area contributed by atoms with Crippen molar-refractivity contribution in [1.29, 1.82) is 0 Å². The van der Waals surface area contributed by atoms with Gasteiger partial charge in [0.1, 0.15) is 6.54 Å². The van der Waals surface area contributed by atoms with Gasteiger partial charge >= 0.3 is 11.7 Å². The fraction of sp³-hybridized carbons (Fsp3) is 0.500. The highest BCUT2D eigenvalue weighted by molar-refractivity contribution is 5.92. The van der Waals surface area contributed by atoms with Crippen molar-refractivity contribution >= 4 is 28.8 Å². The van der Waals surface area contributed by atoms with Crippen molar-refractivity contribution in [3.63, 3.8) is 0 Å². The van der Waals surface area contributed by atoms with Gasteiger partial charge in [0.2, 0.25) is 5.95 Å². The lowest BCUT2D eigenvalue weighted by Gasteiger charge is -2.28. The maximum absolute atomic E-state index is 12.6.